The van der Waals surface area contributed by atoms with Crippen molar-refractivity contribution in [2.75, 3.05) is 26.7 Å². The molecule has 182 valence electrons. The molecule has 2 N–H and O–H groups in total. The van der Waals surface area contributed by atoms with Crippen molar-refractivity contribution in [3.63, 3.8) is 0 Å². The maximum absolute atomic E-state index is 11.9. The quantitative estimate of drug-likeness (QED) is 0.543. The van der Waals surface area contributed by atoms with Gasteiger partial charge in [0.05, 0.1) is 12.1 Å². The van der Waals surface area contributed by atoms with Crippen molar-refractivity contribution in [1.82, 2.24) is 10.2 Å². The highest BCUT2D eigenvalue weighted by Crippen LogP contribution is 2.49. The van der Waals surface area contributed by atoms with Crippen molar-refractivity contribution in [1.29, 1.82) is 0 Å². The van der Waals surface area contributed by atoms with Crippen molar-refractivity contribution < 1.29 is 14.6 Å². The Morgan fingerprint density at radius 1 is 1.26 bits per heavy atom. The van der Waals surface area contributed by atoms with Crippen LogP contribution in [0.2, 0.25) is 5.02 Å². The van der Waals surface area contributed by atoms with Crippen LogP contribution in [0.15, 0.2) is 42.0 Å². The molecule has 34 heavy (non-hydrogen) atoms. The number of aromatic hydroxyl groups is 1. The smallest absolute Gasteiger partial charge is 0.233 e. The molecule has 0 fully saturated rings. The van der Waals surface area contributed by atoms with E-state index in [0.717, 1.165) is 59.7 Å². The van der Waals surface area contributed by atoms with E-state index in [2.05, 4.69) is 49.2 Å². The normalized spacial score (nSPS) is 18.0. The largest absolute Gasteiger partial charge is 0.507 e. The summed E-state index contributed by atoms with van der Waals surface area (Å²) in [6.07, 6.45) is 3.88. The van der Waals surface area contributed by atoms with E-state index in [4.69, 9.17) is 16.3 Å². The Balaban J connectivity index is 1.53. The fourth-order valence-electron chi connectivity index (χ4n) is 5.19. The molecule has 2 heterocycles. The second kappa shape index (κ2) is 10.0. The Bertz CT molecular complexity index is 1090. The molecule has 1 atom stereocenters. The van der Waals surface area contributed by atoms with Crippen molar-refractivity contribution in [2.45, 2.75) is 58.0 Å². The molecule has 6 heteroatoms. The highest BCUT2D eigenvalue weighted by Gasteiger charge is 2.39. The highest BCUT2D eigenvalue weighted by atomic mass is 35.5. The van der Waals surface area contributed by atoms with E-state index in [0.29, 0.717) is 19.0 Å². The standard InChI is InChI=1S/C28H35ClN2O3/c1-18(6-5-7-19-8-10-21(29)11-9-19)20-14-24(32)27-22-16-31(17-26(33)30-4)13-12-23(22)28(2,3)34-25(27)15-20/h8-11,14-15,18,32H,5-7,12-13,16-17H2,1-4H3,(H,30,33). The molecule has 2 aliphatic heterocycles. The number of ether oxygens (including phenoxy) is 1. The lowest BCUT2D eigenvalue weighted by Crippen LogP contribution is -2.44. The van der Waals surface area contributed by atoms with Gasteiger partial charge in [0.2, 0.25) is 5.91 Å². The molecule has 2 aromatic rings. The van der Waals surface area contributed by atoms with Crippen LogP contribution >= 0.6 is 11.6 Å². The maximum atomic E-state index is 11.9. The number of likely N-dealkylation sites (N-methyl/N-ethyl adjacent to an activating group) is 1. The number of phenols is 1. The molecule has 2 aromatic carbocycles. The monoisotopic (exact) mass is 482 g/mol. The summed E-state index contributed by atoms with van der Waals surface area (Å²) < 4.78 is 6.45. The number of hydrogen-bond donors (Lipinski definition) is 2. The van der Waals surface area contributed by atoms with E-state index in [1.165, 1.54) is 11.1 Å². The summed E-state index contributed by atoms with van der Waals surface area (Å²) in [7, 11) is 1.66. The van der Waals surface area contributed by atoms with Crippen molar-refractivity contribution in [2.24, 2.45) is 0 Å². The van der Waals surface area contributed by atoms with Crippen LogP contribution < -0.4 is 10.1 Å². The van der Waals surface area contributed by atoms with Crippen molar-refractivity contribution >= 4 is 23.1 Å². The molecule has 0 aliphatic carbocycles. The van der Waals surface area contributed by atoms with Gasteiger partial charge >= 0.3 is 0 Å². The molecule has 0 saturated heterocycles. The summed E-state index contributed by atoms with van der Waals surface area (Å²) in [6.45, 7) is 8.18. The minimum absolute atomic E-state index is 0.00240. The number of nitrogens with one attached hydrogen (secondary N) is 1. The second-order valence-corrected chi connectivity index (χ2v) is 10.5. The lowest BCUT2D eigenvalue weighted by atomic mass is 9.80. The van der Waals surface area contributed by atoms with Gasteiger partial charge in [-0.1, -0.05) is 30.7 Å². The van der Waals surface area contributed by atoms with Gasteiger partial charge in [0.15, 0.2) is 0 Å². The van der Waals surface area contributed by atoms with E-state index in [9.17, 15) is 9.90 Å². The van der Waals surface area contributed by atoms with Crippen LogP contribution in [0.25, 0.3) is 5.57 Å². The lowest BCUT2D eigenvalue weighted by Gasteiger charge is -2.42. The topological polar surface area (TPSA) is 61.8 Å². The predicted octanol–water partition coefficient (Wildman–Crippen LogP) is 5.55. The van der Waals surface area contributed by atoms with Gasteiger partial charge in [-0.2, -0.15) is 0 Å². The molecule has 0 spiro atoms. The fraction of sp³-hybridized carbons (Fsp3) is 0.464. The van der Waals surface area contributed by atoms with Gasteiger partial charge in [0, 0.05) is 25.2 Å². The van der Waals surface area contributed by atoms with E-state index >= 15 is 0 Å². The molecule has 0 bridgehead atoms. The summed E-state index contributed by atoms with van der Waals surface area (Å²) >= 11 is 5.99. The molecule has 0 saturated carbocycles. The highest BCUT2D eigenvalue weighted by molar-refractivity contribution is 6.30. The number of halogens is 1. The SMILES string of the molecule is CNC(=O)CN1CCC2=C(C1)c1c(O)cc(C(C)CCCc3ccc(Cl)cc3)cc1OC2(C)C. The zero-order valence-electron chi connectivity index (χ0n) is 20.6. The predicted molar refractivity (Wildman–Crippen MR) is 138 cm³/mol. The van der Waals surface area contributed by atoms with Gasteiger partial charge in [-0.3, -0.25) is 9.69 Å². The van der Waals surface area contributed by atoms with Crippen molar-refractivity contribution in [3.05, 3.63) is 63.7 Å². The zero-order valence-corrected chi connectivity index (χ0v) is 21.3. The van der Waals surface area contributed by atoms with Crippen LogP contribution in [0.5, 0.6) is 11.5 Å². The average Bonchev–Trinajstić information content (AvgIpc) is 2.79. The molecular weight excluding hydrogens is 448 g/mol. The second-order valence-electron chi connectivity index (χ2n) is 10.0. The molecule has 0 aromatic heterocycles. The summed E-state index contributed by atoms with van der Waals surface area (Å²) in [5.74, 6) is 1.30. The van der Waals surface area contributed by atoms with Crippen LogP contribution in [0.1, 0.15) is 62.6 Å². The number of nitrogens with zero attached hydrogens (tertiary/aromatic N) is 1. The van der Waals surface area contributed by atoms with Crippen LogP contribution in [0, 0.1) is 0 Å². The van der Waals surface area contributed by atoms with Gasteiger partial charge in [-0.15, -0.1) is 0 Å². The fourth-order valence-corrected chi connectivity index (χ4v) is 5.31. The molecule has 4 rings (SSSR count). The first-order valence-electron chi connectivity index (χ1n) is 12.1. The number of amides is 1. The van der Waals surface area contributed by atoms with Crippen molar-refractivity contribution in [3.8, 4) is 11.5 Å². The Morgan fingerprint density at radius 2 is 2.00 bits per heavy atom. The van der Waals surface area contributed by atoms with Crippen LogP contribution in [0.4, 0.5) is 0 Å². The van der Waals surface area contributed by atoms with E-state index in [-0.39, 0.29) is 11.7 Å². The first kappa shape index (κ1) is 24.6. The third-order valence-electron chi connectivity index (χ3n) is 7.15. The first-order chi connectivity index (χ1) is 16.2. The molecule has 0 radical (unpaired) electrons. The number of rotatable bonds is 7. The Morgan fingerprint density at radius 3 is 2.71 bits per heavy atom. The van der Waals surface area contributed by atoms with E-state index in [1.54, 1.807) is 7.05 Å². The van der Waals surface area contributed by atoms with Gasteiger partial charge in [-0.25, -0.2) is 0 Å². The number of carbonyl (C=O) groups excluding carboxylic acids is 1. The first-order valence-corrected chi connectivity index (χ1v) is 12.5. The number of phenolic OH excluding ortho intramolecular Hbond substituents is 1. The Kier molecular flexibility index (Phi) is 7.25. The molecule has 5 nitrogen and oxygen atoms in total. The number of hydrogen-bond acceptors (Lipinski definition) is 4. The number of fused-ring (bicyclic) bond motifs is 2. The summed E-state index contributed by atoms with van der Waals surface area (Å²) in [5.41, 5.74) is 5.03. The minimum atomic E-state index is -0.440. The van der Waals surface area contributed by atoms with Gasteiger partial charge in [0.1, 0.15) is 17.1 Å². The van der Waals surface area contributed by atoms with Gasteiger partial charge in [-0.05, 0) is 92.0 Å². The van der Waals surface area contributed by atoms with E-state index in [1.807, 2.05) is 18.2 Å². The van der Waals surface area contributed by atoms with Gasteiger partial charge < -0.3 is 15.2 Å². The third-order valence-corrected chi connectivity index (χ3v) is 7.40. The Labute approximate surface area is 207 Å². The van der Waals surface area contributed by atoms with Crippen LogP contribution in [0.3, 0.4) is 0 Å². The maximum Gasteiger partial charge on any atom is 0.233 e. The lowest BCUT2D eigenvalue weighted by molar-refractivity contribution is -0.121. The molecule has 1 amide bonds. The zero-order chi connectivity index (χ0) is 24.5. The summed E-state index contributed by atoms with van der Waals surface area (Å²) in [4.78, 5) is 14.1. The van der Waals surface area contributed by atoms with Crippen LogP contribution in [-0.4, -0.2) is 48.2 Å². The minimum Gasteiger partial charge on any atom is -0.507 e. The average molecular weight is 483 g/mol. The molecule has 1 unspecified atom stereocenters. The number of carbonyl (C=O) groups is 1. The molecule has 2 aliphatic rings. The summed E-state index contributed by atoms with van der Waals surface area (Å²) in [5, 5.41) is 14.6. The number of benzene rings is 2. The van der Waals surface area contributed by atoms with Crippen LogP contribution in [-0.2, 0) is 11.2 Å². The van der Waals surface area contributed by atoms with E-state index < -0.39 is 5.60 Å². The van der Waals surface area contributed by atoms with Gasteiger partial charge in [0.25, 0.3) is 0 Å². The Hall–Kier alpha value is -2.50. The molecular formula is C28H35ClN2O3. The third kappa shape index (κ3) is 5.26. The summed E-state index contributed by atoms with van der Waals surface area (Å²) in [6, 6.07) is 12.0. The number of aryl methyl sites for hydroxylation is 1.